The molecule has 9 heteroatoms. The number of aromatic nitrogens is 2. The number of H-pyrrole nitrogens is 2. The van der Waals surface area contributed by atoms with Crippen LogP contribution in [-0.2, 0) is 4.74 Å². The van der Waals surface area contributed by atoms with Gasteiger partial charge in [0.2, 0.25) is 0 Å². The lowest BCUT2D eigenvalue weighted by molar-refractivity contribution is 0.0896. The van der Waals surface area contributed by atoms with Crippen LogP contribution >= 0.6 is 0 Å². The first-order valence-corrected chi connectivity index (χ1v) is 8.55. The molecule has 9 nitrogen and oxygen atoms in total. The number of hydrogen-bond donors (Lipinski definition) is 4. The lowest BCUT2D eigenvalue weighted by Crippen LogP contribution is -2.45. The van der Waals surface area contributed by atoms with Crippen molar-refractivity contribution < 1.29 is 14.3 Å². The Balaban J connectivity index is 1.73. The van der Waals surface area contributed by atoms with Crippen molar-refractivity contribution >= 4 is 22.8 Å². The van der Waals surface area contributed by atoms with Crippen LogP contribution in [0.2, 0.25) is 0 Å². The van der Waals surface area contributed by atoms with Crippen LogP contribution in [0.3, 0.4) is 0 Å². The number of carbonyl (C=O) groups is 1. The number of imidazole rings is 1. The molecule has 2 heterocycles. The molecule has 1 saturated heterocycles. The van der Waals surface area contributed by atoms with Gasteiger partial charge in [-0.3, -0.25) is 4.90 Å². The van der Waals surface area contributed by atoms with Crippen molar-refractivity contribution in [1.82, 2.24) is 20.2 Å². The molecule has 1 aromatic carbocycles. The highest BCUT2D eigenvalue weighted by Crippen LogP contribution is 2.28. The summed E-state index contributed by atoms with van der Waals surface area (Å²) in [4.78, 5) is 31.5. The van der Waals surface area contributed by atoms with Crippen LogP contribution in [0.25, 0.3) is 11.0 Å². The van der Waals surface area contributed by atoms with Crippen molar-refractivity contribution in [1.29, 1.82) is 0 Å². The van der Waals surface area contributed by atoms with Crippen LogP contribution < -0.4 is 21.1 Å². The van der Waals surface area contributed by atoms with Crippen molar-refractivity contribution in [3.8, 4) is 5.75 Å². The second-order valence-electron chi connectivity index (χ2n) is 6.70. The van der Waals surface area contributed by atoms with Gasteiger partial charge >= 0.3 is 11.7 Å². The van der Waals surface area contributed by atoms with E-state index in [1.54, 1.807) is 19.2 Å². The van der Waals surface area contributed by atoms with Crippen LogP contribution in [0.1, 0.15) is 13.8 Å². The number of rotatable bonds is 5. The number of ether oxygens (including phenoxy) is 2. The standard InChI is InChI=1S/C17H25N5O4/c1-9(2)22-7-13(15(8-22)26-4)21-17(24)20-12-5-10-11(6-14(12)25-3)19-16(23)18-10/h5-6,9,13,15H,7-8H2,1-4H3,(H2,18,19,23)(H2,20,21,24)/t13-,15-/m0/s1. The minimum absolute atomic E-state index is 0.0615. The molecule has 0 aliphatic carbocycles. The van der Waals surface area contributed by atoms with Crippen LogP contribution in [0, 0.1) is 0 Å². The Labute approximate surface area is 151 Å². The first-order valence-electron chi connectivity index (χ1n) is 8.55. The second-order valence-corrected chi connectivity index (χ2v) is 6.70. The van der Waals surface area contributed by atoms with Crippen molar-refractivity contribution in [2.45, 2.75) is 32.0 Å². The van der Waals surface area contributed by atoms with E-state index in [9.17, 15) is 9.59 Å². The van der Waals surface area contributed by atoms with Gasteiger partial charge in [-0.15, -0.1) is 0 Å². The highest BCUT2D eigenvalue weighted by molar-refractivity contribution is 5.94. The molecule has 0 radical (unpaired) electrons. The Bertz CT molecular complexity index is 843. The lowest BCUT2D eigenvalue weighted by Gasteiger charge is -2.20. The summed E-state index contributed by atoms with van der Waals surface area (Å²) in [6, 6.07) is 3.25. The molecule has 1 aliphatic rings. The van der Waals surface area contributed by atoms with Gasteiger partial charge in [0.05, 0.1) is 36.0 Å². The van der Waals surface area contributed by atoms with Gasteiger partial charge in [-0.1, -0.05) is 0 Å². The Morgan fingerprint density at radius 3 is 2.54 bits per heavy atom. The summed E-state index contributed by atoms with van der Waals surface area (Å²) in [5.41, 5.74) is 1.36. The number of carbonyl (C=O) groups excluding carboxylic acids is 1. The summed E-state index contributed by atoms with van der Waals surface area (Å²) < 4.78 is 10.8. The average molecular weight is 363 g/mol. The Morgan fingerprint density at radius 1 is 1.23 bits per heavy atom. The summed E-state index contributed by atoms with van der Waals surface area (Å²) in [5, 5.41) is 5.76. The molecule has 4 N–H and O–H groups in total. The van der Waals surface area contributed by atoms with E-state index in [-0.39, 0.29) is 23.9 Å². The number of aromatic amines is 2. The van der Waals surface area contributed by atoms with E-state index < -0.39 is 0 Å². The molecule has 142 valence electrons. The molecule has 26 heavy (non-hydrogen) atoms. The third-order valence-electron chi connectivity index (χ3n) is 4.73. The molecule has 2 atom stereocenters. The third-order valence-corrected chi connectivity index (χ3v) is 4.73. The number of fused-ring (bicyclic) bond motifs is 1. The van der Waals surface area contributed by atoms with Crippen molar-refractivity contribution in [2.24, 2.45) is 0 Å². The van der Waals surface area contributed by atoms with Gasteiger partial charge in [-0.25, -0.2) is 9.59 Å². The first-order chi connectivity index (χ1) is 12.4. The van der Waals surface area contributed by atoms with Gasteiger partial charge in [0.25, 0.3) is 0 Å². The fourth-order valence-corrected chi connectivity index (χ4v) is 3.26. The summed E-state index contributed by atoms with van der Waals surface area (Å²) in [7, 11) is 3.16. The number of nitrogens with zero attached hydrogens (tertiary/aromatic N) is 1. The van der Waals surface area contributed by atoms with E-state index in [1.807, 2.05) is 0 Å². The molecule has 1 aromatic heterocycles. The average Bonchev–Trinajstić information content (AvgIpc) is 3.15. The number of urea groups is 1. The van der Waals surface area contributed by atoms with E-state index in [0.29, 0.717) is 28.5 Å². The molecular weight excluding hydrogens is 338 g/mol. The number of amides is 2. The Hall–Kier alpha value is -2.52. The van der Waals surface area contributed by atoms with Gasteiger partial charge in [0, 0.05) is 32.3 Å². The van der Waals surface area contributed by atoms with Crippen LogP contribution in [0.5, 0.6) is 5.75 Å². The van der Waals surface area contributed by atoms with E-state index in [0.717, 1.165) is 13.1 Å². The monoisotopic (exact) mass is 363 g/mol. The van der Waals surface area contributed by atoms with Crippen LogP contribution in [0.15, 0.2) is 16.9 Å². The van der Waals surface area contributed by atoms with E-state index >= 15 is 0 Å². The van der Waals surface area contributed by atoms with Gasteiger partial charge in [0.1, 0.15) is 5.75 Å². The summed E-state index contributed by atoms with van der Waals surface area (Å²) >= 11 is 0. The molecule has 2 amide bonds. The minimum atomic E-state index is -0.349. The molecule has 0 spiro atoms. The Kier molecular flexibility index (Phi) is 5.19. The number of hydrogen-bond acceptors (Lipinski definition) is 5. The first kappa shape index (κ1) is 18.3. The minimum Gasteiger partial charge on any atom is -0.494 e. The molecule has 0 bridgehead atoms. The number of anilines is 1. The highest BCUT2D eigenvalue weighted by atomic mass is 16.5. The quantitative estimate of drug-likeness (QED) is 0.635. The van der Waals surface area contributed by atoms with Gasteiger partial charge in [-0.05, 0) is 19.9 Å². The highest BCUT2D eigenvalue weighted by Gasteiger charge is 2.35. The summed E-state index contributed by atoms with van der Waals surface area (Å²) in [6.07, 6.45) is -0.0615. The van der Waals surface area contributed by atoms with Gasteiger partial charge in [0.15, 0.2) is 0 Å². The van der Waals surface area contributed by atoms with Crippen LogP contribution in [0.4, 0.5) is 10.5 Å². The maximum atomic E-state index is 12.5. The maximum Gasteiger partial charge on any atom is 0.323 e. The fraction of sp³-hybridized carbons (Fsp3) is 0.529. The zero-order valence-electron chi connectivity index (χ0n) is 15.4. The maximum absolute atomic E-state index is 12.5. The van der Waals surface area contributed by atoms with Crippen molar-refractivity contribution in [3.05, 3.63) is 22.6 Å². The van der Waals surface area contributed by atoms with E-state index in [1.165, 1.54) is 7.11 Å². The molecule has 1 fully saturated rings. The fourth-order valence-electron chi connectivity index (χ4n) is 3.26. The van der Waals surface area contributed by atoms with Gasteiger partial charge < -0.3 is 30.1 Å². The zero-order chi connectivity index (χ0) is 18.8. The van der Waals surface area contributed by atoms with E-state index in [4.69, 9.17) is 9.47 Å². The topological polar surface area (TPSA) is 111 Å². The smallest absolute Gasteiger partial charge is 0.323 e. The SMILES string of the molecule is COc1cc2[nH]c(=O)[nH]c2cc1NC(=O)N[C@H]1CN(C(C)C)C[C@@H]1OC. The van der Waals surface area contributed by atoms with Crippen molar-refractivity contribution in [2.75, 3.05) is 32.6 Å². The number of benzene rings is 1. The number of likely N-dealkylation sites (tertiary alicyclic amines) is 1. The van der Waals surface area contributed by atoms with Gasteiger partial charge in [-0.2, -0.15) is 0 Å². The summed E-state index contributed by atoms with van der Waals surface area (Å²) in [5.74, 6) is 0.460. The normalized spacial score (nSPS) is 20.7. The predicted octanol–water partition coefficient (Wildman–Crippen LogP) is 1.09. The number of methoxy groups -OCH3 is 2. The molecule has 2 aromatic rings. The number of nitrogens with one attached hydrogen (secondary N) is 4. The molecule has 1 aliphatic heterocycles. The van der Waals surface area contributed by atoms with Crippen LogP contribution in [-0.4, -0.2) is 66.4 Å². The Morgan fingerprint density at radius 2 is 1.92 bits per heavy atom. The summed E-state index contributed by atoms with van der Waals surface area (Å²) in [6.45, 7) is 5.74. The molecule has 0 saturated carbocycles. The lowest BCUT2D eigenvalue weighted by atomic mass is 10.2. The predicted molar refractivity (Wildman–Crippen MR) is 98.9 cm³/mol. The second kappa shape index (κ2) is 7.38. The zero-order valence-corrected chi connectivity index (χ0v) is 15.4. The molecule has 0 unspecified atom stereocenters. The molecule has 3 rings (SSSR count). The van der Waals surface area contributed by atoms with E-state index in [2.05, 4.69) is 39.3 Å². The molecular formula is C17H25N5O4. The van der Waals surface area contributed by atoms with Crippen molar-refractivity contribution in [3.63, 3.8) is 0 Å². The third kappa shape index (κ3) is 3.68. The largest absolute Gasteiger partial charge is 0.494 e.